The van der Waals surface area contributed by atoms with E-state index >= 15 is 0 Å². The zero-order chi connectivity index (χ0) is 23.1. The summed E-state index contributed by atoms with van der Waals surface area (Å²) >= 11 is 6.40. The molecule has 0 bridgehead atoms. The summed E-state index contributed by atoms with van der Waals surface area (Å²) in [6.07, 6.45) is 4.52. The van der Waals surface area contributed by atoms with Crippen LogP contribution < -0.4 is 4.90 Å². The average molecular weight is 477 g/mol. The van der Waals surface area contributed by atoms with E-state index in [2.05, 4.69) is 47.6 Å². The van der Waals surface area contributed by atoms with E-state index in [4.69, 9.17) is 26.7 Å². The van der Waals surface area contributed by atoms with E-state index in [1.54, 1.807) is 12.3 Å². The molecular weight excluding hydrogens is 452 g/mol. The Bertz CT molecular complexity index is 1240. The first-order valence-corrected chi connectivity index (χ1v) is 12.1. The van der Waals surface area contributed by atoms with Gasteiger partial charge in [-0.15, -0.1) is 10.2 Å². The maximum absolute atomic E-state index is 9.15. The largest absolute Gasteiger partial charge is 0.380 e. The fraction of sp³-hybridized carbons (Fsp3) is 0.458. The van der Waals surface area contributed by atoms with E-state index in [-0.39, 0.29) is 5.92 Å². The zero-order valence-electron chi connectivity index (χ0n) is 18.8. The maximum atomic E-state index is 9.15. The zero-order valence-corrected chi connectivity index (χ0v) is 19.5. The molecule has 3 aromatic rings. The summed E-state index contributed by atoms with van der Waals surface area (Å²) in [4.78, 5) is 13.3. The lowest BCUT2D eigenvalue weighted by Crippen LogP contribution is -2.35. The molecule has 10 heteroatoms. The van der Waals surface area contributed by atoms with Crippen molar-refractivity contribution in [2.45, 2.75) is 44.3 Å². The number of aromatic nitrogens is 5. The highest BCUT2D eigenvalue weighted by Gasteiger charge is 2.33. The van der Waals surface area contributed by atoms with Crippen molar-refractivity contribution in [2.75, 3.05) is 31.2 Å². The molecule has 5 heterocycles. The first kappa shape index (κ1) is 21.5. The first-order valence-electron chi connectivity index (χ1n) is 11.7. The number of fused-ring (bicyclic) bond motifs is 3. The molecule has 1 atom stereocenters. The van der Waals surface area contributed by atoms with Crippen LogP contribution in [0.4, 0.5) is 5.95 Å². The number of hydrogen-bond acceptors (Lipinski definition) is 8. The van der Waals surface area contributed by atoms with Crippen molar-refractivity contribution < 1.29 is 4.74 Å². The molecule has 0 aliphatic carbocycles. The molecule has 3 aliphatic rings. The smallest absolute Gasteiger partial charge is 0.226 e. The minimum Gasteiger partial charge on any atom is -0.380 e. The lowest BCUT2D eigenvalue weighted by atomic mass is 9.95. The van der Waals surface area contributed by atoms with E-state index < -0.39 is 0 Å². The van der Waals surface area contributed by atoms with Gasteiger partial charge in [-0.05, 0) is 49.1 Å². The number of benzene rings is 1. The summed E-state index contributed by atoms with van der Waals surface area (Å²) in [6.45, 7) is 4.73. The summed E-state index contributed by atoms with van der Waals surface area (Å²) in [5.74, 6) is 2.87. The number of nitriles is 1. The van der Waals surface area contributed by atoms with Crippen LogP contribution in [0.25, 0.3) is 5.69 Å². The van der Waals surface area contributed by atoms with Crippen LogP contribution in [0, 0.1) is 11.3 Å². The number of nitrogens with zero attached hydrogens (tertiary/aromatic N) is 8. The Balaban J connectivity index is 1.29. The van der Waals surface area contributed by atoms with E-state index in [1.165, 1.54) is 5.56 Å². The molecule has 0 unspecified atom stereocenters. The summed E-state index contributed by atoms with van der Waals surface area (Å²) in [5.41, 5.74) is 2.70. The van der Waals surface area contributed by atoms with E-state index in [1.807, 2.05) is 6.07 Å². The van der Waals surface area contributed by atoms with Crippen molar-refractivity contribution in [3.05, 3.63) is 58.4 Å². The van der Waals surface area contributed by atoms with Crippen molar-refractivity contribution in [1.29, 1.82) is 5.26 Å². The Morgan fingerprint density at radius 3 is 2.76 bits per heavy atom. The minimum atomic E-state index is 0.279. The molecule has 3 aliphatic heterocycles. The van der Waals surface area contributed by atoms with Gasteiger partial charge in [0.2, 0.25) is 5.95 Å². The van der Waals surface area contributed by atoms with Gasteiger partial charge in [0.25, 0.3) is 0 Å². The molecule has 0 saturated carbocycles. The van der Waals surface area contributed by atoms with Gasteiger partial charge in [-0.2, -0.15) is 5.26 Å². The predicted molar refractivity (Wildman–Crippen MR) is 126 cm³/mol. The van der Waals surface area contributed by atoms with Crippen molar-refractivity contribution in [2.24, 2.45) is 0 Å². The van der Waals surface area contributed by atoms with Crippen LogP contribution in [0.5, 0.6) is 0 Å². The van der Waals surface area contributed by atoms with E-state index in [9.17, 15) is 0 Å². The fourth-order valence-corrected chi connectivity index (χ4v) is 5.48. The third kappa shape index (κ3) is 3.92. The van der Waals surface area contributed by atoms with Crippen LogP contribution in [-0.2, 0) is 17.8 Å². The SMILES string of the molecule is N#Cc1ccnc(N2CCC(c3nnc4n3-c3ccc(Cl)cc3CN([C@@H]3CCOC3)C4)CC2)n1. The molecule has 6 rings (SSSR count). The Labute approximate surface area is 203 Å². The maximum Gasteiger partial charge on any atom is 0.226 e. The first-order chi connectivity index (χ1) is 16.7. The monoisotopic (exact) mass is 476 g/mol. The number of rotatable bonds is 3. The normalized spacial score (nSPS) is 21.1. The van der Waals surface area contributed by atoms with Gasteiger partial charge in [-0.25, -0.2) is 9.97 Å². The van der Waals surface area contributed by atoms with Crippen LogP contribution in [0.2, 0.25) is 5.02 Å². The number of halogens is 1. The number of ether oxygens (including phenoxy) is 1. The van der Waals surface area contributed by atoms with Crippen LogP contribution >= 0.6 is 11.6 Å². The van der Waals surface area contributed by atoms with Crippen molar-refractivity contribution in [3.8, 4) is 11.8 Å². The van der Waals surface area contributed by atoms with Gasteiger partial charge >= 0.3 is 0 Å². The quantitative estimate of drug-likeness (QED) is 0.569. The van der Waals surface area contributed by atoms with Gasteiger partial charge < -0.3 is 9.64 Å². The highest BCUT2D eigenvalue weighted by Crippen LogP contribution is 2.35. The highest BCUT2D eigenvalue weighted by molar-refractivity contribution is 6.30. The molecule has 2 aromatic heterocycles. The number of hydrogen-bond donors (Lipinski definition) is 0. The molecule has 34 heavy (non-hydrogen) atoms. The number of piperidine rings is 1. The Kier molecular flexibility index (Phi) is 5.65. The minimum absolute atomic E-state index is 0.279. The second kappa shape index (κ2) is 8.95. The van der Waals surface area contributed by atoms with Crippen LogP contribution in [0.3, 0.4) is 0 Å². The van der Waals surface area contributed by atoms with Gasteiger partial charge in [-0.1, -0.05) is 11.6 Å². The molecule has 0 N–H and O–H groups in total. The fourth-order valence-electron chi connectivity index (χ4n) is 5.28. The van der Waals surface area contributed by atoms with Crippen molar-refractivity contribution >= 4 is 17.5 Å². The second-order valence-electron chi connectivity index (χ2n) is 9.12. The molecule has 0 radical (unpaired) electrons. The predicted octanol–water partition coefficient (Wildman–Crippen LogP) is 3.07. The van der Waals surface area contributed by atoms with Crippen LogP contribution in [-0.4, -0.2) is 62.0 Å². The lowest BCUT2D eigenvalue weighted by molar-refractivity contribution is 0.133. The lowest BCUT2D eigenvalue weighted by Gasteiger charge is -2.31. The van der Waals surface area contributed by atoms with Gasteiger partial charge in [-0.3, -0.25) is 9.47 Å². The third-order valence-corrected chi connectivity index (χ3v) is 7.31. The second-order valence-corrected chi connectivity index (χ2v) is 9.56. The number of anilines is 1. The van der Waals surface area contributed by atoms with Crippen molar-refractivity contribution in [1.82, 2.24) is 29.6 Å². The highest BCUT2D eigenvalue weighted by atomic mass is 35.5. The Morgan fingerprint density at radius 1 is 1.09 bits per heavy atom. The van der Waals surface area contributed by atoms with Crippen molar-refractivity contribution in [3.63, 3.8) is 0 Å². The summed E-state index contributed by atoms with van der Waals surface area (Å²) in [7, 11) is 0. The Morgan fingerprint density at radius 2 is 1.97 bits per heavy atom. The molecule has 0 amide bonds. The summed E-state index contributed by atoms with van der Waals surface area (Å²) in [5, 5.41) is 19.3. The standard InChI is InChI=1S/C24H25ClN8O/c25-18-1-2-21-17(11-18)13-32(20-6-10-34-15-20)14-22-29-30-23(33(21)22)16-4-8-31(9-5-16)24-27-7-3-19(12-26)28-24/h1-3,7,11,16,20H,4-6,8-10,13-15H2/t20-/m1/s1. The van der Waals surface area contributed by atoms with Gasteiger partial charge in [0.1, 0.15) is 17.6 Å². The van der Waals surface area contributed by atoms with Crippen LogP contribution in [0.15, 0.2) is 30.5 Å². The molecular formula is C24H25ClN8O. The molecule has 2 saturated heterocycles. The molecule has 0 spiro atoms. The molecule has 2 fully saturated rings. The molecule has 1 aromatic carbocycles. The molecule has 174 valence electrons. The van der Waals surface area contributed by atoms with Gasteiger partial charge in [0.15, 0.2) is 5.82 Å². The Hall–Kier alpha value is -3.06. The topological polar surface area (TPSA) is 96.0 Å². The van der Waals surface area contributed by atoms with E-state index in [0.717, 1.165) is 81.0 Å². The van der Waals surface area contributed by atoms with E-state index in [0.29, 0.717) is 17.7 Å². The van der Waals surface area contributed by atoms with Crippen LogP contribution in [0.1, 0.15) is 48.1 Å². The summed E-state index contributed by atoms with van der Waals surface area (Å²) < 4.78 is 7.93. The molecule has 9 nitrogen and oxygen atoms in total. The van der Waals surface area contributed by atoms with Gasteiger partial charge in [0, 0.05) is 49.4 Å². The third-order valence-electron chi connectivity index (χ3n) is 7.08. The average Bonchev–Trinajstić information content (AvgIpc) is 3.52. The summed E-state index contributed by atoms with van der Waals surface area (Å²) in [6, 6.07) is 10.2. The van der Waals surface area contributed by atoms with Gasteiger partial charge in [0.05, 0.1) is 18.8 Å².